The summed E-state index contributed by atoms with van der Waals surface area (Å²) in [6.45, 7) is 1.82. The third-order valence-electron chi connectivity index (χ3n) is 3.18. The van der Waals surface area contributed by atoms with Gasteiger partial charge in [0.1, 0.15) is 17.2 Å². The monoisotopic (exact) mass is 246 g/mol. The highest BCUT2D eigenvalue weighted by Crippen LogP contribution is 2.37. The van der Waals surface area contributed by atoms with E-state index in [1.54, 1.807) is 18.2 Å². The minimum absolute atomic E-state index is 0.0335. The van der Waals surface area contributed by atoms with Crippen LogP contribution in [0.2, 0.25) is 0 Å². The molecule has 0 aromatic heterocycles. The second-order valence-corrected chi connectivity index (χ2v) is 4.24. The van der Waals surface area contributed by atoms with Crippen molar-refractivity contribution < 1.29 is 14.6 Å². The highest BCUT2D eigenvalue weighted by atomic mass is 19.1. The Kier molecular flexibility index (Phi) is 3.34. The number of phenolic OH excluding ortho intramolecular Hbond substituents is 1. The Labute approximate surface area is 105 Å². The van der Waals surface area contributed by atoms with Crippen LogP contribution in [0.15, 0.2) is 48.5 Å². The number of aromatic hydroxyl groups is 1. The molecule has 0 bridgehead atoms. The van der Waals surface area contributed by atoms with E-state index in [-0.39, 0.29) is 11.6 Å². The molecule has 0 aliphatic heterocycles. The number of hydrogen-bond donors (Lipinski definition) is 2. The van der Waals surface area contributed by atoms with Crippen molar-refractivity contribution in [3.8, 4) is 5.75 Å². The summed E-state index contributed by atoms with van der Waals surface area (Å²) in [5, 5.41) is 20.6. The van der Waals surface area contributed by atoms with E-state index in [1.165, 1.54) is 30.3 Å². The minimum atomic E-state index is -1.31. The van der Waals surface area contributed by atoms with Gasteiger partial charge in [0.2, 0.25) is 0 Å². The molecule has 1 unspecified atom stereocenters. The van der Waals surface area contributed by atoms with Gasteiger partial charge in [0.15, 0.2) is 0 Å². The standard InChI is InChI=1S/C15H15FO2/c1-2-15(18,11-7-9-12(16)10-8-11)13-5-3-4-6-14(13)17/h3-10,17-18H,2H2,1H3. The van der Waals surface area contributed by atoms with Crippen molar-refractivity contribution in [2.75, 3.05) is 0 Å². The average Bonchev–Trinajstić information content (AvgIpc) is 2.39. The zero-order chi connectivity index (χ0) is 13.2. The van der Waals surface area contributed by atoms with Crippen LogP contribution in [0.1, 0.15) is 24.5 Å². The summed E-state index contributed by atoms with van der Waals surface area (Å²) < 4.78 is 12.9. The molecule has 0 radical (unpaired) electrons. The highest BCUT2D eigenvalue weighted by Gasteiger charge is 2.31. The first-order valence-corrected chi connectivity index (χ1v) is 5.85. The van der Waals surface area contributed by atoms with E-state index in [1.807, 2.05) is 6.92 Å². The van der Waals surface area contributed by atoms with Crippen molar-refractivity contribution in [2.45, 2.75) is 18.9 Å². The molecule has 2 N–H and O–H groups in total. The van der Waals surface area contributed by atoms with E-state index in [0.717, 1.165) is 0 Å². The molecule has 0 amide bonds. The lowest BCUT2D eigenvalue weighted by Gasteiger charge is -2.28. The Morgan fingerprint density at radius 2 is 1.67 bits per heavy atom. The summed E-state index contributed by atoms with van der Waals surface area (Å²) in [4.78, 5) is 0. The highest BCUT2D eigenvalue weighted by molar-refractivity contribution is 5.43. The van der Waals surface area contributed by atoms with Gasteiger partial charge in [-0.1, -0.05) is 37.3 Å². The molecule has 0 spiro atoms. The average molecular weight is 246 g/mol. The van der Waals surface area contributed by atoms with E-state index < -0.39 is 5.60 Å². The molecule has 1 atom stereocenters. The van der Waals surface area contributed by atoms with Gasteiger partial charge in [0.25, 0.3) is 0 Å². The van der Waals surface area contributed by atoms with Crippen LogP contribution in [0, 0.1) is 5.82 Å². The maximum atomic E-state index is 12.9. The third-order valence-corrected chi connectivity index (χ3v) is 3.18. The number of hydrogen-bond acceptors (Lipinski definition) is 2. The Balaban J connectivity index is 2.55. The molecule has 94 valence electrons. The van der Waals surface area contributed by atoms with Crippen LogP contribution in [0.5, 0.6) is 5.75 Å². The summed E-state index contributed by atoms with van der Waals surface area (Å²) in [6, 6.07) is 12.3. The van der Waals surface area contributed by atoms with Crippen LogP contribution >= 0.6 is 0 Å². The zero-order valence-corrected chi connectivity index (χ0v) is 10.1. The van der Waals surface area contributed by atoms with Crippen molar-refractivity contribution >= 4 is 0 Å². The molecular formula is C15H15FO2. The Morgan fingerprint density at radius 1 is 1.06 bits per heavy atom. The number of halogens is 1. The second kappa shape index (κ2) is 4.78. The molecule has 2 nitrogen and oxygen atoms in total. The predicted octanol–water partition coefficient (Wildman–Crippen LogP) is 3.18. The first kappa shape index (κ1) is 12.6. The summed E-state index contributed by atoms with van der Waals surface area (Å²) in [5.74, 6) is -0.319. The fourth-order valence-electron chi connectivity index (χ4n) is 2.10. The molecule has 3 heteroatoms. The van der Waals surface area contributed by atoms with Crippen LogP contribution in [0.4, 0.5) is 4.39 Å². The van der Waals surface area contributed by atoms with Gasteiger partial charge >= 0.3 is 0 Å². The minimum Gasteiger partial charge on any atom is -0.508 e. The zero-order valence-electron chi connectivity index (χ0n) is 10.1. The van der Waals surface area contributed by atoms with Crippen molar-refractivity contribution in [3.63, 3.8) is 0 Å². The molecule has 0 aliphatic rings. The van der Waals surface area contributed by atoms with Gasteiger partial charge in [-0.15, -0.1) is 0 Å². The lowest BCUT2D eigenvalue weighted by Crippen LogP contribution is -2.26. The van der Waals surface area contributed by atoms with Gasteiger partial charge in [-0.2, -0.15) is 0 Å². The molecular weight excluding hydrogens is 231 g/mol. The molecule has 0 saturated carbocycles. The molecule has 0 fully saturated rings. The molecule has 18 heavy (non-hydrogen) atoms. The molecule has 0 saturated heterocycles. The molecule has 2 aromatic rings. The van der Waals surface area contributed by atoms with Crippen molar-refractivity contribution in [1.29, 1.82) is 0 Å². The van der Waals surface area contributed by atoms with Crippen LogP contribution in [-0.2, 0) is 5.60 Å². The van der Waals surface area contributed by atoms with Crippen LogP contribution < -0.4 is 0 Å². The van der Waals surface area contributed by atoms with E-state index >= 15 is 0 Å². The molecule has 0 aliphatic carbocycles. The molecule has 2 aromatic carbocycles. The van der Waals surface area contributed by atoms with Crippen molar-refractivity contribution in [2.24, 2.45) is 0 Å². The number of phenols is 1. The van der Waals surface area contributed by atoms with Gasteiger partial charge < -0.3 is 10.2 Å². The smallest absolute Gasteiger partial charge is 0.123 e. The van der Waals surface area contributed by atoms with Crippen molar-refractivity contribution in [3.05, 3.63) is 65.5 Å². The fraction of sp³-hybridized carbons (Fsp3) is 0.200. The fourth-order valence-corrected chi connectivity index (χ4v) is 2.10. The Morgan fingerprint density at radius 3 is 2.22 bits per heavy atom. The summed E-state index contributed by atoms with van der Waals surface area (Å²) in [5.41, 5.74) is -0.314. The van der Waals surface area contributed by atoms with Gasteiger partial charge in [-0.25, -0.2) is 4.39 Å². The third kappa shape index (κ3) is 2.09. The topological polar surface area (TPSA) is 40.5 Å². The van der Waals surface area contributed by atoms with E-state index in [9.17, 15) is 14.6 Å². The molecule has 2 rings (SSSR count). The van der Waals surface area contributed by atoms with Gasteiger partial charge in [0, 0.05) is 5.56 Å². The normalized spacial score (nSPS) is 14.2. The van der Waals surface area contributed by atoms with E-state index in [4.69, 9.17) is 0 Å². The van der Waals surface area contributed by atoms with Crippen LogP contribution in [0.25, 0.3) is 0 Å². The quantitative estimate of drug-likeness (QED) is 0.873. The first-order chi connectivity index (χ1) is 8.58. The van der Waals surface area contributed by atoms with E-state index in [2.05, 4.69) is 0 Å². The second-order valence-electron chi connectivity index (χ2n) is 4.24. The van der Waals surface area contributed by atoms with E-state index in [0.29, 0.717) is 17.5 Å². The SMILES string of the molecule is CCC(O)(c1ccc(F)cc1)c1ccccc1O. The number of aliphatic hydroxyl groups is 1. The maximum absolute atomic E-state index is 12.9. The van der Waals surface area contributed by atoms with Gasteiger partial charge in [-0.3, -0.25) is 0 Å². The lowest BCUT2D eigenvalue weighted by atomic mass is 9.83. The van der Waals surface area contributed by atoms with Crippen LogP contribution in [-0.4, -0.2) is 10.2 Å². The number of rotatable bonds is 3. The summed E-state index contributed by atoms with van der Waals surface area (Å²) in [7, 11) is 0. The van der Waals surface area contributed by atoms with Gasteiger partial charge in [0.05, 0.1) is 0 Å². The summed E-state index contributed by atoms with van der Waals surface area (Å²) in [6.07, 6.45) is 0.385. The van der Waals surface area contributed by atoms with Gasteiger partial charge in [-0.05, 0) is 30.2 Å². The maximum Gasteiger partial charge on any atom is 0.123 e. The van der Waals surface area contributed by atoms with Crippen LogP contribution in [0.3, 0.4) is 0 Å². The largest absolute Gasteiger partial charge is 0.508 e. The Hall–Kier alpha value is -1.87. The first-order valence-electron chi connectivity index (χ1n) is 5.85. The molecule has 0 heterocycles. The number of para-hydroxylation sites is 1. The van der Waals surface area contributed by atoms with Crippen molar-refractivity contribution in [1.82, 2.24) is 0 Å². The Bertz CT molecular complexity index is 536. The lowest BCUT2D eigenvalue weighted by molar-refractivity contribution is 0.0737. The number of benzene rings is 2. The summed E-state index contributed by atoms with van der Waals surface area (Å²) >= 11 is 0. The predicted molar refractivity (Wildman–Crippen MR) is 67.8 cm³/mol.